The second-order valence-electron chi connectivity index (χ2n) is 6.47. The van der Waals surface area contributed by atoms with Crippen molar-refractivity contribution >= 4 is 46.1 Å². The highest BCUT2D eigenvalue weighted by molar-refractivity contribution is 7.99. The van der Waals surface area contributed by atoms with Crippen molar-refractivity contribution in [2.75, 3.05) is 6.61 Å². The number of hydrogen-bond donors (Lipinski definition) is 0. The molecule has 0 fully saturated rings. The summed E-state index contributed by atoms with van der Waals surface area (Å²) >= 11 is 2.52. The molecule has 0 radical (unpaired) electrons. The molecule has 0 saturated carbocycles. The number of fused-ring (bicyclic) bond motifs is 4. The maximum absolute atomic E-state index is 13.1. The quantitative estimate of drug-likeness (QED) is 0.408. The lowest BCUT2D eigenvalue weighted by Crippen LogP contribution is -2.21. The summed E-state index contributed by atoms with van der Waals surface area (Å²) in [6.45, 7) is 2.53. The number of ketones is 2. The summed E-state index contributed by atoms with van der Waals surface area (Å²) in [6, 6.07) is 16.4. The second-order valence-corrected chi connectivity index (χ2v) is 8.12. The average Bonchev–Trinajstić information content (AvgIpc) is 3.23. The largest absolute Gasteiger partial charge is 0.494 e. The molecule has 142 valence electrons. The number of benzene rings is 3. The monoisotopic (exact) mass is 418 g/mol. The van der Waals surface area contributed by atoms with Gasteiger partial charge in [0, 0.05) is 26.5 Å². The van der Waals surface area contributed by atoms with Gasteiger partial charge in [-0.25, -0.2) is 0 Å². The van der Waals surface area contributed by atoms with Gasteiger partial charge in [0.05, 0.1) is 23.9 Å². The van der Waals surface area contributed by atoms with E-state index in [0.29, 0.717) is 39.9 Å². The SMILES string of the molecule is CCOc1cccc(Sc2cc3c(c4nsnc24)C(=O)c2ccccc2C3=O)c1. The van der Waals surface area contributed by atoms with Gasteiger partial charge in [0.2, 0.25) is 0 Å². The van der Waals surface area contributed by atoms with E-state index in [1.807, 2.05) is 31.2 Å². The highest BCUT2D eigenvalue weighted by Crippen LogP contribution is 2.40. The lowest BCUT2D eigenvalue weighted by Gasteiger charge is -2.18. The highest BCUT2D eigenvalue weighted by Gasteiger charge is 2.33. The van der Waals surface area contributed by atoms with Gasteiger partial charge in [0.25, 0.3) is 0 Å². The van der Waals surface area contributed by atoms with E-state index in [9.17, 15) is 9.59 Å². The van der Waals surface area contributed by atoms with Crippen molar-refractivity contribution in [2.24, 2.45) is 0 Å². The van der Waals surface area contributed by atoms with Crippen LogP contribution in [0.15, 0.2) is 64.4 Å². The fourth-order valence-electron chi connectivity index (χ4n) is 3.48. The van der Waals surface area contributed by atoms with Crippen LogP contribution in [0.3, 0.4) is 0 Å². The van der Waals surface area contributed by atoms with Crippen molar-refractivity contribution in [3.05, 3.63) is 76.9 Å². The van der Waals surface area contributed by atoms with E-state index in [2.05, 4.69) is 8.75 Å². The fraction of sp³-hybridized carbons (Fsp3) is 0.0909. The lowest BCUT2D eigenvalue weighted by atomic mass is 9.83. The number of carbonyl (C=O) groups is 2. The molecule has 0 spiro atoms. The average molecular weight is 418 g/mol. The van der Waals surface area contributed by atoms with Gasteiger partial charge in [-0.15, -0.1) is 0 Å². The van der Waals surface area contributed by atoms with Crippen LogP contribution in [-0.2, 0) is 0 Å². The summed E-state index contributed by atoms with van der Waals surface area (Å²) in [5.74, 6) is 0.445. The number of carbonyl (C=O) groups excluding carboxylic acids is 2. The van der Waals surface area contributed by atoms with Crippen LogP contribution in [0.4, 0.5) is 0 Å². The standard InChI is InChI=1S/C22H14N2O3S2/c1-2-27-12-6-5-7-13(10-12)28-17-11-16-18(20-19(17)23-29-24-20)22(26)15-9-4-3-8-14(15)21(16)25/h3-11H,2H2,1H3. The molecule has 5 nitrogen and oxygen atoms in total. The molecule has 0 atom stereocenters. The van der Waals surface area contributed by atoms with E-state index in [1.54, 1.807) is 30.3 Å². The van der Waals surface area contributed by atoms with E-state index < -0.39 is 0 Å². The minimum absolute atomic E-state index is 0.157. The normalized spacial score (nSPS) is 12.7. The molecule has 0 aliphatic heterocycles. The third kappa shape index (κ3) is 2.94. The smallest absolute Gasteiger partial charge is 0.196 e. The van der Waals surface area contributed by atoms with Crippen LogP contribution in [0.5, 0.6) is 5.75 Å². The molecule has 1 heterocycles. The first-order valence-corrected chi connectivity index (χ1v) is 10.6. The first kappa shape index (κ1) is 18.0. The third-order valence-corrected chi connectivity index (χ3v) is 6.29. The van der Waals surface area contributed by atoms with Crippen LogP contribution in [0.1, 0.15) is 38.8 Å². The molecule has 1 aromatic heterocycles. The Morgan fingerprint density at radius 2 is 1.66 bits per heavy atom. The van der Waals surface area contributed by atoms with Crippen molar-refractivity contribution in [3.63, 3.8) is 0 Å². The Balaban J connectivity index is 1.66. The van der Waals surface area contributed by atoms with Crippen molar-refractivity contribution in [2.45, 2.75) is 16.7 Å². The van der Waals surface area contributed by atoms with Gasteiger partial charge in [0.1, 0.15) is 16.8 Å². The Kier molecular flexibility index (Phi) is 4.41. The van der Waals surface area contributed by atoms with Gasteiger partial charge in [-0.2, -0.15) is 8.75 Å². The van der Waals surface area contributed by atoms with Crippen LogP contribution in [-0.4, -0.2) is 26.9 Å². The van der Waals surface area contributed by atoms with Crippen LogP contribution in [0.2, 0.25) is 0 Å². The van der Waals surface area contributed by atoms with Gasteiger partial charge in [0.15, 0.2) is 11.6 Å². The van der Waals surface area contributed by atoms with Crippen LogP contribution < -0.4 is 4.74 Å². The van der Waals surface area contributed by atoms with Crippen LogP contribution in [0.25, 0.3) is 11.0 Å². The lowest BCUT2D eigenvalue weighted by molar-refractivity contribution is 0.0980. The number of rotatable bonds is 4. The summed E-state index contributed by atoms with van der Waals surface area (Å²) in [7, 11) is 0. The molecule has 0 N–H and O–H groups in total. The molecule has 0 amide bonds. The van der Waals surface area contributed by atoms with Crippen molar-refractivity contribution in [3.8, 4) is 5.75 Å². The minimum Gasteiger partial charge on any atom is -0.494 e. The zero-order chi connectivity index (χ0) is 20.0. The zero-order valence-corrected chi connectivity index (χ0v) is 17.0. The third-order valence-electron chi connectivity index (χ3n) is 4.74. The maximum Gasteiger partial charge on any atom is 0.196 e. The molecular weight excluding hydrogens is 404 g/mol. The summed E-state index contributed by atoms with van der Waals surface area (Å²) < 4.78 is 14.4. The molecule has 7 heteroatoms. The molecule has 1 aliphatic rings. The number of ether oxygens (including phenoxy) is 1. The Labute approximate surface area is 175 Å². The summed E-state index contributed by atoms with van der Waals surface area (Å²) in [4.78, 5) is 28.0. The van der Waals surface area contributed by atoms with Crippen molar-refractivity contribution < 1.29 is 14.3 Å². The number of aromatic nitrogens is 2. The van der Waals surface area contributed by atoms with Crippen molar-refractivity contribution in [1.82, 2.24) is 8.75 Å². The molecule has 29 heavy (non-hydrogen) atoms. The summed E-state index contributed by atoms with van der Waals surface area (Å²) in [6.07, 6.45) is 0. The summed E-state index contributed by atoms with van der Waals surface area (Å²) in [5.41, 5.74) is 2.72. The fourth-order valence-corrected chi connectivity index (χ4v) is 5.10. The predicted molar refractivity (Wildman–Crippen MR) is 112 cm³/mol. The Hall–Kier alpha value is -3.03. The first-order valence-electron chi connectivity index (χ1n) is 9.05. The molecule has 4 aromatic rings. The van der Waals surface area contributed by atoms with E-state index in [0.717, 1.165) is 27.3 Å². The van der Waals surface area contributed by atoms with Crippen LogP contribution >= 0.6 is 23.5 Å². The minimum atomic E-state index is -0.178. The zero-order valence-electron chi connectivity index (χ0n) is 15.3. The van der Waals surface area contributed by atoms with Crippen molar-refractivity contribution in [1.29, 1.82) is 0 Å². The molecule has 3 aromatic carbocycles. The maximum atomic E-state index is 13.1. The van der Waals surface area contributed by atoms with Gasteiger partial charge in [-0.3, -0.25) is 9.59 Å². The molecule has 1 aliphatic carbocycles. The van der Waals surface area contributed by atoms with E-state index >= 15 is 0 Å². The highest BCUT2D eigenvalue weighted by atomic mass is 32.2. The Morgan fingerprint density at radius 1 is 0.897 bits per heavy atom. The topological polar surface area (TPSA) is 69.2 Å². The van der Waals surface area contributed by atoms with Crippen LogP contribution in [0, 0.1) is 0 Å². The van der Waals surface area contributed by atoms with E-state index in [-0.39, 0.29) is 11.6 Å². The van der Waals surface area contributed by atoms with Gasteiger partial charge in [-0.05, 0) is 31.2 Å². The second kappa shape index (κ2) is 7.09. The molecule has 0 unspecified atom stereocenters. The molecule has 5 rings (SSSR count). The van der Waals surface area contributed by atoms with Gasteiger partial charge in [-0.1, -0.05) is 42.1 Å². The number of nitrogens with zero attached hydrogens (tertiary/aromatic N) is 2. The molecule has 0 saturated heterocycles. The predicted octanol–water partition coefficient (Wildman–Crippen LogP) is 5.02. The Morgan fingerprint density at radius 3 is 2.45 bits per heavy atom. The molecule has 0 bridgehead atoms. The summed E-state index contributed by atoms with van der Waals surface area (Å²) in [5, 5.41) is 0. The van der Waals surface area contributed by atoms with Gasteiger partial charge < -0.3 is 4.74 Å². The number of hydrogen-bond acceptors (Lipinski definition) is 7. The molecular formula is C22H14N2O3S2. The van der Waals surface area contributed by atoms with Gasteiger partial charge >= 0.3 is 0 Å². The Bertz CT molecular complexity index is 1300. The van der Waals surface area contributed by atoms with E-state index in [1.165, 1.54) is 11.8 Å². The first-order chi connectivity index (χ1) is 14.2. The van der Waals surface area contributed by atoms with E-state index in [4.69, 9.17) is 4.74 Å².